The van der Waals surface area contributed by atoms with Gasteiger partial charge in [-0.2, -0.15) is 0 Å². The van der Waals surface area contributed by atoms with E-state index in [9.17, 15) is 9.90 Å². The van der Waals surface area contributed by atoms with E-state index in [2.05, 4.69) is 10.3 Å². The Morgan fingerprint density at radius 2 is 2.05 bits per heavy atom. The second-order valence-corrected chi connectivity index (χ2v) is 6.12. The molecule has 106 valence electrons. The molecule has 2 rings (SSSR count). The predicted molar refractivity (Wildman–Crippen MR) is 80.6 cm³/mol. The van der Waals surface area contributed by atoms with Gasteiger partial charge >= 0.3 is 0 Å². The fourth-order valence-electron chi connectivity index (χ4n) is 1.69. The Kier molecular flexibility index (Phi) is 4.06. The topological polar surface area (TPSA) is 88.2 Å². The Hall–Kier alpha value is -1.92. The number of rotatable bonds is 4. The Labute approximate surface area is 121 Å². The highest BCUT2D eigenvalue weighted by Crippen LogP contribution is 2.29. The first-order chi connectivity index (χ1) is 9.43. The van der Waals surface area contributed by atoms with Crippen molar-refractivity contribution in [1.82, 2.24) is 10.3 Å². The van der Waals surface area contributed by atoms with Crippen molar-refractivity contribution >= 4 is 22.4 Å². The lowest BCUT2D eigenvalue weighted by Gasteiger charge is -2.23. The molecule has 2 aromatic rings. The lowest BCUT2D eigenvalue weighted by Crippen LogP contribution is -2.46. The summed E-state index contributed by atoms with van der Waals surface area (Å²) in [5, 5.41) is 12.3. The molecule has 20 heavy (non-hydrogen) atoms. The Morgan fingerprint density at radius 3 is 2.65 bits per heavy atom. The van der Waals surface area contributed by atoms with E-state index in [0.717, 1.165) is 16.9 Å². The normalized spacial score (nSPS) is 11.3. The SMILES string of the molecule is CC(C)(CO)NC(=O)c1sc(N)nc1-c1ccccc1. The van der Waals surface area contributed by atoms with Gasteiger partial charge in [-0.15, -0.1) is 0 Å². The molecule has 0 atom stereocenters. The van der Waals surface area contributed by atoms with Gasteiger partial charge in [-0.3, -0.25) is 4.79 Å². The standard InChI is InChI=1S/C14H17N3O2S/c1-14(2,8-18)17-12(19)11-10(16-13(15)20-11)9-6-4-3-5-7-9/h3-7,18H,8H2,1-2H3,(H2,15,16)(H,17,19). The van der Waals surface area contributed by atoms with E-state index in [1.807, 2.05) is 30.3 Å². The third-order valence-corrected chi connectivity index (χ3v) is 3.63. The summed E-state index contributed by atoms with van der Waals surface area (Å²) in [7, 11) is 0. The number of carbonyl (C=O) groups is 1. The van der Waals surface area contributed by atoms with Gasteiger partial charge in [-0.1, -0.05) is 41.7 Å². The van der Waals surface area contributed by atoms with Gasteiger partial charge in [0.05, 0.1) is 17.8 Å². The smallest absolute Gasteiger partial charge is 0.264 e. The number of aliphatic hydroxyl groups is 1. The van der Waals surface area contributed by atoms with Gasteiger partial charge in [0.15, 0.2) is 5.13 Å². The molecule has 5 nitrogen and oxygen atoms in total. The molecule has 0 radical (unpaired) electrons. The molecule has 1 aromatic heterocycles. The second kappa shape index (κ2) is 5.60. The van der Waals surface area contributed by atoms with E-state index in [4.69, 9.17) is 5.73 Å². The molecule has 1 amide bonds. The number of aromatic nitrogens is 1. The van der Waals surface area contributed by atoms with E-state index < -0.39 is 5.54 Å². The zero-order valence-electron chi connectivity index (χ0n) is 11.4. The van der Waals surface area contributed by atoms with Crippen molar-refractivity contribution < 1.29 is 9.90 Å². The van der Waals surface area contributed by atoms with E-state index >= 15 is 0 Å². The monoisotopic (exact) mass is 291 g/mol. The predicted octanol–water partition coefficient (Wildman–Crippen LogP) is 1.89. The third-order valence-electron chi connectivity index (χ3n) is 2.74. The van der Waals surface area contributed by atoms with Gasteiger partial charge in [0, 0.05) is 5.56 Å². The van der Waals surface area contributed by atoms with Crippen molar-refractivity contribution in [3.63, 3.8) is 0 Å². The van der Waals surface area contributed by atoms with Crippen LogP contribution >= 0.6 is 11.3 Å². The zero-order valence-corrected chi connectivity index (χ0v) is 12.2. The van der Waals surface area contributed by atoms with Crippen LogP contribution in [0.1, 0.15) is 23.5 Å². The van der Waals surface area contributed by atoms with E-state index in [0.29, 0.717) is 15.7 Å². The molecule has 6 heteroatoms. The van der Waals surface area contributed by atoms with E-state index in [-0.39, 0.29) is 12.5 Å². The maximum atomic E-state index is 12.3. The highest BCUT2D eigenvalue weighted by Gasteiger charge is 2.24. The van der Waals surface area contributed by atoms with Crippen molar-refractivity contribution in [3.05, 3.63) is 35.2 Å². The number of benzene rings is 1. The largest absolute Gasteiger partial charge is 0.394 e. The maximum absolute atomic E-state index is 12.3. The summed E-state index contributed by atoms with van der Waals surface area (Å²) in [4.78, 5) is 17.0. The number of anilines is 1. The highest BCUT2D eigenvalue weighted by molar-refractivity contribution is 7.17. The van der Waals surface area contributed by atoms with Crippen LogP contribution in [0.3, 0.4) is 0 Å². The lowest BCUT2D eigenvalue weighted by molar-refractivity contribution is 0.0874. The molecule has 1 heterocycles. The maximum Gasteiger partial charge on any atom is 0.264 e. The van der Waals surface area contributed by atoms with Gasteiger partial charge in [-0.25, -0.2) is 4.98 Å². The summed E-state index contributed by atoms with van der Waals surface area (Å²) in [5.74, 6) is -0.280. The number of amides is 1. The number of nitrogens with two attached hydrogens (primary N) is 1. The molecule has 4 N–H and O–H groups in total. The fourth-order valence-corrected chi connectivity index (χ4v) is 2.44. The van der Waals surface area contributed by atoms with Gasteiger partial charge < -0.3 is 16.2 Å². The summed E-state index contributed by atoms with van der Waals surface area (Å²) in [6.07, 6.45) is 0. The highest BCUT2D eigenvalue weighted by atomic mass is 32.1. The fraction of sp³-hybridized carbons (Fsp3) is 0.286. The Balaban J connectivity index is 2.36. The summed E-state index contributed by atoms with van der Waals surface area (Å²) in [6, 6.07) is 9.41. The van der Waals surface area contributed by atoms with Crippen molar-refractivity contribution in [2.45, 2.75) is 19.4 Å². The number of nitrogens with one attached hydrogen (secondary N) is 1. The van der Waals surface area contributed by atoms with Crippen molar-refractivity contribution in [3.8, 4) is 11.3 Å². The minimum absolute atomic E-state index is 0.145. The number of hydrogen-bond acceptors (Lipinski definition) is 5. The molecule has 0 unspecified atom stereocenters. The van der Waals surface area contributed by atoms with E-state index in [1.165, 1.54) is 0 Å². The van der Waals surface area contributed by atoms with Crippen LogP contribution in [0, 0.1) is 0 Å². The summed E-state index contributed by atoms with van der Waals surface area (Å²) in [5.41, 5.74) is 6.45. The first-order valence-corrected chi connectivity index (χ1v) is 7.00. The first-order valence-electron chi connectivity index (χ1n) is 6.18. The molecule has 0 aliphatic heterocycles. The molecule has 0 aliphatic rings. The molecule has 0 bridgehead atoms. The number of nitrogen functional groups attached to an aromatic ring is 1. The van der Waals surface area contributed by atoms with Crippen LogP contribution in [-0.2, 0) is 0 Å². The van der Waals surface area contributed by atoms with Crippen LogP contribution in [0.4, 0.5) is 5.13 Å². The van der Waals surface area contributed by atoms with Gasteiger partial charge in [0.1, 0.15) is 4.88 Å². The van der Waals surface area contributed by atoms with Crippen LogP contribution < -0.4 is 11.1 Å². The van der Waals surface area contributed by atoms with Crippen molar-refractivity contribution in [2.75, 3.05) is 12.3 Å². The number of nitrogens with zero attached hydrogens (tertiary/aromatic N) is 1. The Morgan fingerprint density at radius 1 is 1.40 bits per heavy atom. The average Bonchev–Trinajstić information content (AvgIpc) is 2.81. The molecular formula is C14H17N3O2S. The first kappa shape index (κ1) is 14.5. The van der Waals surface area contributed by atoms with Crippen molar-refractivity contribution in [2.24, 2.45) is 0 Å². The average molecular weight is 291 g/mol. The zero-order chi connectivity index (χ0) is 14.8. The van der Waals surface area contributed by atoms with Crippen LogP contribution in [0.2, 0.25) is 0 Å². The lowest BCUT2D eigenvalue weighted by atomic mass is 10.1. The Bertz CT molecular complexity index is 608. The van der Waals surface area contributed by atoms with Crippen LogP contribution in [0.25, 0.3) is 11.3 Å². The molecule has 0 spiro atoms. The molecule has 0 saturated carbocycles. The number of aliphatic hydroxyl groups excluding tert-OH is 1. The number of carbonyl (C=O) groups excluding carboxylic acids is 1. The summed E-state index contributed by atoms with van der Waals surface area (Å²) in [6.45, 7) is 3.35. The molecule has 1 aromatic carbocycles. The summed E-state index contributed by atoms with van der Waals surface area (Å²) >= 11 is 1.14. The van der Waals surface area contributed by atoms with Crippen LogP contribution in [0.5, 0.6) is 0 Å². The second-order valence-electron chi connectivity index (χ2n) is 5.09. The minimum Gasteiger partial charge on any atom is -0.394 e. The van der Waals surface area contributed by atoms with Crippen LogP contribution in [-0.4, -0.2) is 28.1 Å². The van der Waals surface area contributed by atoms with Crippen LogP contribution in [0.15, 0.2) is 30.3 Å². The minimum atomic E-state index is -0.691. The molecule has 0 fully saturated rings. The molecule has 0 aliphatic carbocycles. The molecule has 0 saturated heterocycles. The molecular weight excluding hydrogens is 274 g/mol. The van der Waals surface area contributed by atoms with E-state index in [1.54, 1.807) is 13.8 Å². The third kappa shape index (κ3) is 3.15. The van der Waals surface area contributed by atoms with Crippen molar-refractivity contribution in [1.29, 1.82) is 0 Å². The number of hydrogen-bond donors (Lipinski definition) is 3. The quantitative estimate of drug-likeness (QED) is 0.802. The van der Waals surface area contributed by atoms with Gasteiger partial charge in [0.2, 0.25) is 0 Å². The van der Waals surface area contributed by atoms with Gasteiger partial charge in [-0.05, 0) is 13.8 Å². The number of thiazole rings is 1. The summed E-state index contributed by atoms with van der Waals surface area (Å²) < 4.78 is 0. The van der Waals surface area contributed by atoms with Gasteiger partial charge in [0.25, 0.3) is 5.91 Å².